The molecule has 3 aromatic heterocycles. The lowest BCUT2D eigenvalue weighted by atomic mass is 10.3. The number of nitrogens with one attached hydrogen (secondary N) is 1. The van der Waals surface area contributed by atoms with Crippen LogP contribution in [0.1, 0.15) is 0 Å². The molecule has 0 aliphatic rings. The Hall–Kier alpha value is -2.12. The predicted octanol–water partition coefficient (Wildman–Crippen LogP) is 3.53. The highest BCUT2D eigenvalue weighted by molar-refractivity contribution is 7.99. The lowest BCUT2D eigenvalue weighted by Gasteiger charge is -2.02. The Balaban J connectivity index is 1.55. The van der Waals surface area contributed by atoms with Crippen LogP contribution in [0.3, 0.4) is 0 Å². The third-order valence-corrected chi connectivity index (χ3v) is 4.36. The fourth-order valence-corrected chi connectivity index (χ4v) is 2.92. The molecule has 0 aliphatic carbocycles. The molecule has 0 aliphatic heterocycles. The molecular formula is C14H11N3O2S2. The van der Waals surface area contributed by atoms with E-state index >= 15 is 0 Å². The first kappa shape index (κ1) is 13.8. The Morgan fingerprint density at radius 2 is 2.19 bits per heavy atom. The van der Waals surface area contributed by atoms with Gasteiger partial charge in [0.1, 0.15) is 10.7 Å². The Labute approximate surface area is 129 Å². The molecule has 0 saturated carbocycles. The summed E-state index contributed by atoms with van der Waals surface area (Å²) in [6.07, 6.45) is 1.51. The number of thioether (sulfide) groups is 1. The SMILES string of the molecule is O=C(CSc1ccc(-c2cccs2)nn1)Nc1ccco1. The zero-order chi connectivity index (χ0) is 14.5. The maximum absolute atomic E-state index is 11.7. The van der Waals surface area contributed by atoms with E-state index in [-0.39, 0.29) is 11.7 Å². The Morgan fingerprint density at radius 1 is 1.24 bits per heavy atom. The molecule has 106 valence electrons. The second-order valence-corrected chi connectivity index (χ2v) is 5.99. The quantitative estimate of drug-likeness (QED) is 0.729. The minimum Gasteiger partial charge on any atom is -0.449 e. The molecule has 0 aromatic carbocycles. The van der Waals surface area contributed by atoms with Gasteiger partial charge in [-0.05, 0) is 29.6 Å². The molecule has 7 heteroatoms. The fraction of sp³-hybridized carbons (Fsp3) is 0.0714. The summed E-state index contributed by atoms with van der Waals surface area (Å²) in [5, 5.41) is 13.6. The van der Waals surface area contributed by atoms with Crippen LogP contribution in [0.2, 0.25) is 0 Å². The summed E-state index contributed by atoms with van der Waals surface area (Å²) >= 11 is 2.95. The number of aromatic nitrogens is 2. The van der Waals surface area contributed by atoms with E-state index in [9.17, 15) is 4.79 Å². The Kier molecular flexibility index (Phi) is 4.32. The molecule has 21 heavy (non-hydrogen) atoms. The zero-order valence-electron chi connectivity index (χ0n) is 10.9. The van der Waals surface area contributed by atoms with Crippen LogP contribution < -0.4 is 5.32 Å². The van der Waals surface area contributed by atoms with Crippen molar-refractivity contribution in [3.8, 4) is 10.6 Å². The number of nitrogens with zero attached hydrogens (tertiary/aromatic N) is 2. The lowest BCUT2D eigenvalue weighted by molar-refractivity contribution is -0.113. The number of anilines is 1. The van der Waals surface area contributed by atoms with Gasteiger partial charge < -0.3 is 4.42 Å². The van der Waals surface area contributed by atoms with Crippen molar-refractivity contribution in [1.29, 1.82) is 0 Å². The van der Waals surface area contributed by atoms with E-state index in [2.05, 4.69) is 15.5 Å². The largest absolute Gasteiger partial charge is 0.449 e. The van der Waals surface area contributed by atoms with Crippen molar-refractivity contribution in [2.24, 2.45) is 0 Å². The number of furan rings is 1. The molecule has 0 bridgehead atoms. The van der Waals surface area contributed by atoms with Crippen molar-refractivity contribution in [3.05, 3.63) is 48.0 Å². The minimum absolute atomic E-state index is 0.140. The molecule has 0 radical (unpaired) electrons. The summed E-state index contributed by atoms with van der Waals surface area (Å²) < 4.78 is 5.05. The first-order chi connectivity index (χ1) is 10.3. The molecule has 1 N–H and O–H groups in total. The zero-order valence-corrected chi connectivity index (χ0v) is 12.5. The van der Waals surface area contributed by atoms with Crippen LogP contribution in [-0.2, 0) is 4.79 Å². The number of hydrogen-bond donors (Lipinski definition) is 1. The summed E-state index contributed by atoms with van der Waals surface area (Å²) in [6.45, 7) is 0. The van der Waals surface area contributed by atoms with Crippen LogP contribution >= 0.6 is 23.1 Å². The normalized spacial score (nSPS) is 10.5. The predicted molar refractivity (Wildman–Crippen MR) is 83.4 cm³/mol. The van der Waals surface area contributed by atoms with Gasteiger partial charge in [0.05, 0.1) is 16.9 Å². The van der Waals surface area contributed by atoms with Gasteiger partial charge in [0.15, 0.2) is 5.88 Å². The molecule has 3 aromatic rings. The van der Waals surface area contributed by atoms with Gasteiger partial charge in [0.2, 0.25) is 5.91 Å². The molecular weight excluding hydrogens is 306 g/mol. The van der Waals surface area contributed by atoms with E-state index < -0.39 is 0 Å². The Morgan fingerprint density at radius 3 is 2.86 bits per heavy atom. The van der Waals surface area contributed by atoms with Crippen LogP contribution in [0.4, 0.5) is 5.88 Å². The second-order valence-electron chi connectivity index (χ2n) is 4.05. The van der Waals surface area contributed by atoms with Gasteiger partial charge in [-0.3, -0.25) is 10.1 Å². The van der Waals surface area contributed by atoms with Crippen LogP contribution in [0.5, 0.6) is 0 Å². The minimum atomic E-state index is -0.140. The van der Waals surface area contributed by atoms with Crippen LogP contribution in [-0.4, -0.2) is 21.9 Å². The Bertz CT molecular complexity index is 694. The number of rotatable bonds is 5. The number of carbonyl (C=O) groups is 1. The van der Waals surface area contributed by atoms with E-state index in [1.54, 1.807) is 23.5 Å². The monoisotopic (exact) mass is 317 g/mol. The van der Waals surface area contributed by atoms with Crippen molar-refractivity contribution in [2.45, 2.75) is 5.03 Å². The highest BCUT2D eigenvalue weighted by atomic mass is 32.2. The molecule has 0 atom stereocenters. The van der Waals surface area contributed by atoms with Gasteiger partial charge in [-0.1, -0.05) is 17.8 Å². The second kappa shape index (κ2) is 6.55. The van der Waals surface area contributed by atoms with E-state index in [1.807, 2.05) is 29.6 Å². The van der Waals surface area contributed by atoms with Crippen molar-refractivity contribution in [2.75, 3.05) is 11.1 Å². The number of thiophene rings is 1. The third kappa shape index (κ3) is 3.71. The molecule has 0 unspecified atom stereocenters. The van der Waals surface area contributed by atoms with E-state index in [0.717, 1.165) is 10.6 Å². The molecule has 0 fully saturated rings. The summed E-state index contributed by atoms with van der Waals surface area (Å²) in [7, 11) is 0. The van der Waals surface area contributed by atoms with Crippen LogP contribution in [0, 0.1) is 0 Å². The summed E-state index contributed by atoms with van der Waals surface area (Å²) in [5.41, 5.74) is 0.842. The standard InChI is InChI=1S/C14H11N3O2S2/c18-12(15-13-4-1-7-19-13)9-21-14-6-5-10(16-17-14)11-3-2-8-20-11/h1-8H,9H2,(H,15,18). The van der Waals surface area contributed by atoms with Crippen molar-refractivity contribution >= 4 is 34.9 Å². The fourth-order valence-electron chi connectivity index (χ4n) is 1.62. The van der Waals surface area contributed by atoms with Gasteiger partial charge >= 0.3 is 0 Å². The number of amides is 1. The molecule has 3 heterocycles. The van der Waals surface area contributed by atoms with Gasteiger partial charge in [-0.25, -0.2) is 0 Å². The van der Waals surface area contributed by atoms with Crippen LogP contribution in [0.25, 0.3) is 10.6 Å². The third-order valence-electron chi connectivity index (χ3n) is 2.55. The topological polar surface area (TPSA) is 68.0 Å². The lowest BCUT2D eigenvalue weighted by Crippen LogP contribution is -2.13. The van der Waals surface area contributed by atoms with Crippen molar-refractivity contribution < 1.29 is 9.21 Å². The maximum Gasteiger partial charge on any atom is 0.237 e. The molecule has 5 nitrogen and oxygen atoms in total. The van der Waals surface area contributed by atoms with Gasteiger partial charge in [-0.2, -0.15) is 0 Å². The van der Waals surface area contributed by atoms with Crippen molar-refractivity contribution in [3.63, 3.8) is 0 Å². The van der Waals surface area contributed by atoms with Gasteiger partial charge in [0.25, 0.3) is 0 Å². The first-order valence-electron chi connectivity index (χ1n) is 6.15. The summed E-state index contributed by atoms with van der Waals surface area (Å²) in [5.74, 6) is 0.562. The summed E-state index contributed by atoms with van der Waals surface area (Å²) in [6, 6.07) is 11.2. The summed E-state index contributed by atoms with van der Waals surface area (Å²) in [4.78, 5) is 12.8. The van der Waals surface area contributed by atoms with Crippen LogP contribution in [0.15, 0.2) is 57.5 Å². The van der Waals surface area contributed by atoms with E-state index in [4.69, 9.17) is 4.42 Å². The maximum atomic E-state index is 11.7. The molecule has 1 amide bonds. The molecule has 0 saturated heterocycles. The van der Waals surface area contributed by atoms with Gasteiger partial charge in [-0.15, -0.1) is 21.5 Å². The van der Waals surface area contributed by atoms with E-state index in [0.29, 0.717) is 10.9 Å². The smallest absolute Gasteiger partial charge is 0.237 e. The number of carbonyl (C=O) groups excluding carboxylic acids is 1. The van der Waals surface area contributed by atoms with Crippen molar-refractivity contribution in [1.82, 2.24) is 10.2 Å². The molecule has 0 spiro atoms. The van der Waals surface area contributed by atoms with E-state index in [1.165, 1.54) is 18.0 Å². The molecule has 3 rings (SSSR count). The average molecular weight is 317 g/mol. The highest BCUT2D eigenvalue weighted by Gasteiger charge is 2.07. The first-order valence-corrected chi connectivity index (χ1v) is 8.01. The van der Waals surface area contributed by atoms with Gasteiger partial charge in [0, 0.05) is 6.07 Å². The number of hydrogen-bond acceptors (Lipinski definition) is 6. The highest BCUT2D eigenvalue weighted by Crippen LogP contribution is 2.23. The average Bonchev–Trinajstić information content (AvgIpc) is 3.19.